The Morgan fingerprint density at radius 2 is 1.95 bits per heavy atom. The second-order valence-corrected chi connectivity index (χ2v) is 6.22. The topological polar surface area (TPSA) is 113 Å². The predicted molar refractivity (Wildman–Crippen MR) is 80.3 cm³/mol. The lowest BCUT2D eigenvalue weighted by molar-refractivity contribution is -0.120. The van der Waals surface area contributed by atoms with Crippen molar-refractivity contribution in [1.29, 1.82) is 0 Å². The van der Waals surface area contributed by atoms with Crippen molar-refractivity contribution in [3.05, 3.63) is 23.8 Å². The van der Waals surface area contributed by atoms with Gasteiger partial charge in [-0.05, 0) is 30.0 Å². The third-order valence-corrected chi connectivity index (χ3v) is 3.01. The molecule has 0 aliphatic rings. The van der Waals surface area contributed by atoms with Crippen molar-refractivity contribution >= 4 is 17.6 Å². The van der Waals surface area contributed by atoms with Crippen LogP contribution in [-0.4, -0.2) is 28.6 Å². The first kappa shape index (κ1) is 17.0. The number of amides is 1. The Balaban J connectivity index is 2.94. The second kappa shape index (κ2) is 6.58. The number of hydrogen-bond acceptors (Lipinski definition) is 4. The Bertz CT molecular complexity index is 535. The minimum absolute atomic E-state index is 0.0635. The summed E-state index contributed by atoms with van der Waals surface area (Å²) in [7, 11) is 0. The van der Waals surface area contributed by atoms with Crippen molar-refractivity contribution in [1.82, 2.24) is 0 Å². The van der Waals surface area contributed by atoms with E-state index in [9.17, 15) is 14.7 Å². The standard InChI is InChI=1S/C15H22N2O4/c1-15(2,3)7-9(8-16)13(19)17-12-5-4-10(18)6-11(12)14(20)21/h4-6,9,18H,7-8,16H2,1-3H3,(H,17,19)(H,20,21). The fraction of sp³-hybridized carbons (Fsp3) is 0.467. The van der Waals surface area contributed by atoms with Gasteiger partial charge in [0.2, 0.25) is 5.91 Å². The quantitative estimate of drug-likeness (QED) is 0.621. The molecule has 1 unspecified atom stereocenters. The highest BCUT2D eigenvalue weighted by Gasteiger charge is 2.25. The summed E-state index contributed by atoms with van der Waals surface area (Å²) in [5.41, 5.74) is 5.57. The van der Waals surface area contributed by atoms with Crippen LogP contribution in [0.1, 0.15) is 37.6 Å². The molecule has 0 fully saturated rings. The first-order valence-corrected chi connectivity index (χ1v) is 6.71. The number of carboxylic acids is 1. The Labute approximate surface area is 124 Å². The Kier molecular flexibility index (Phi) is 5.32. The highest BCUT2D eigenvalue weighted by Crippen LogP contribution is 2.26. The van der Waals surface area contributed by atoms with Gasteiger partial charge >= 0.3 is 5.97 Å². The summed E-state index contributed by atoms with van der Waals surface area (Å²) >= 11 is 0. The summed E-state index contributed by atoms with van der Waals surface area (Å²) < 4.78 is 0. The molecule has 5 N–H and O–H groups in total. The van der Waals surface area contributed by atoms with Gasteiger partial charge in [-0.1, -0.05) is 20.8 Å². The van der Waals surface area contributed by atoms with Crippen LogP contribution in [0.4, 0.5) is 5.69 Å². The molecular formula is C15H22N2O4. The average molecular weight is 294 g/mol. The van der Waals surface area contributed by atoms with E-state index < -0.39 is 11.9 Å². The smallest absolute Gasteiger partial charge is 0.337 e. The molecule has 6 heteroatoms. The molecule has 0 heterocycles. The van der Waals surface area contributed by atoms with E-state index in [-0.39, 0.29) is 34.9 Å². The van der Waals surface area contributed by atoms with Gasteiger partial charge in [-0.3, -0.25) is 4.79 Å². The number of benzene rings is 1. The molecule has 0 aliphatic heterocycles. The lowest BCUT2D eigenvalue weighted by Crippen LogP contribution is -2.32. The lowest BCUT2D eigenvalue weighted by Gasteiger charge is -2.24. The summed E-state index contributed by atoms with van der Waals surface area (Å²) in [6.45, 7) is 6.20. The maximum Gasteiger partial charge on any atom is 0.337 e. The van der Waals surface area contributed by atoms with Crippen molar-refractivity contribution in [2.75, 3.05) is 11.9 Å². The molecule has 6 nitrogen and oxygen atoms in total. The van der Waals surface area contributed by atoms with Crippen LogP contribution in [0.3, 0.4) is 0 Å². The number of phenolic OH excluding ortho intramolecular Hbond substituents is 1. The number of hydrogen-bond donors (Lipinski definition) is 4. The maximum atomic E-state index is 12.2. The third-order valence-electron chi connectivity index (χ3n) is 3.01. The molecule has 0 saturated heterocycles. The lowest BCUT2D eigenvalue weighted by atomic mass is 9.84. The number of aromatic hydroxyl groups is 1. The van der Waals surface area contributed by atoms with Gasteiger partial charge in [0.1, 0.15) is 5.75 Å². The van der Waals surface area contributed by atoms with Crippen LogP contribution in [0.5, 0.6) is 5.75 Å². The van der Waals surface area contributed by atoms with Crippen LogP contribution < -0.4 is 11.1 Å². The number of nitrogens with two attached hydrogens (primary N) is 1. The van der Waals surface area contributed by atoms with Gasteiger partial charge in [-0.15, -0.1) is 0 Å². The number of nitrogens with one attached hydrogen (secondary N) is 1. The molecule has 1 aromatic rings. The van der Waals surface area contributed by atoms with Crippen molar-refractivity contribution in [2.24, 2.45) is 17.1 Å². The number of carboxylic acid groups (broad SMARTS) is 1. The van der Waals surface area contributed by atoms with Crippen molar-refractivity contribution < 1.29 is 19.8 Å². The van der Waals surface area contributed by atoms with Gasteiger partial charge in [0.15, 0.2) is 0 Å². The maximum absolute atomic E-state index is 12.2. The zero-order valence-corrected chi connectivity index (χ0v) is 12.5. The summed E-state index contributed by atoms with van der Waals surface area (Å²) in [5.74, 6) is -2.11. The van der Waals surface area contributed by atoms with E-state index in [4.69, 9.17) is 10.8 Å². The summed E-state index contributed by atoms with van der Waals surface area (Å²) in [4.78, 5) is 23.4. The zero-order valence-electron chi connectivity index (χ0n) is 12.5. The molecule has 0 bridgehead atoms. The van der Waals surface area contributed by atoms with Gasteiger partial charge in [0.05, 0.1) is 17.2 Å². The van der Waals surface area contributed by atoms with E-state index in [1.807, 2.05) is 20.8 Å². The molecule has 0 spiro atoms. The molecule has 1 atom stereocenters. The highest BCUT2D eigenvalue weighted by molar-refractivity contribution is 6.01. The molecule has 0 radical (unpaired) electrons. The van der Waals surface area contributed by atoms with E-state index in [2.05, 4.69) is 5.32 Å². The Hall–Kier alpha value is -2.08. The fourth-order valence-electron chi connectivity index (χ4n) is 2.08. The van der Waals surface area contributed by atoms with Crippen LogP contribution in [-0.2, 0) is 4.79 Å². The van der Waals surface area contributed by atoms with Crippen LogP contribution in [0.2, 0.25) is 0 Å². The minimum atomic E-state index is -1.22. The van der Waals surface area contributed by atoms with E-state index in [1.54, 1.807) is 0 Å². The molecule has 21 heavy (non-hydrogen) atoms. The van der Waals surface area contributed by atoms with E-state index in [1.165, 1.54) is 12.1 Å². The Morgan fingerprint density at radius 3 is 2.43 bits per heavy atom. The van der Waals surface area contributed by atoms with Gasteiger partial charge in [0, 0.05) is 6.54 Å². The van der Waals surface area contributed by atoms with E-state index in [0.29, 0.717) is 6.42 Å². The normalized spacial score (nSPS) is 12.8. The van der Waals surface area contributed by atoms with Gasteiger partial charge in [0.25, 0.3) is 0 Å². The number of rotatable bonds is 5. The monoisotopic (exact) mass is 294 g/mol. The van der Waals surface area contributed by atoms with Crippen molar-refractivity contribution in [3.63, 3.8) is 0 Å². The molecule has 0 aliphatic carbocycles. The number of anilines is 1. The fourth-order valence-corrected chi connectivity index (χ4v) is 2.08. The summed E-state index contributed by atoms with van der Waals surface area (Å²) in [6, 6.07) is 3.78. The van der Waals surface area contributed by atoms with Gasteiger partial charge in [-0.25, -0.2) is 4.79 Å². The van der Waals surface area contributed by atoms with E-state index in [0.717, 1.165) is 6.07 Å². The van der Waals surface area contributed by atoms with Crippen LogP contribution in [0, 0.1) is 11.3 Å². The highest BCUT2D eigenvalue weighted by atomic mass is 16.4. The van der Waals surface area contributed by atoms with Crippen molar-refractivity contribution in [3.8, 4) is 5.75 Å². The molecule has 0 saturated carbocycles. The summed E-state index contributed by atoms with van der Waals surface area (Å²) in [5, 5.41) is 21.0. The molecular weight excluding hydrogens is 272 g/mol. The van der Waals surface area contributed by atoms with Gasteiger partial charge < -0.3 is 21.3 Å². The number of phenols is 1. The van der Waals surface area contributed by atoms with Crippen LogP contribution in [0.25, 0.3) is 0 Å². The molecule has 1 amide bonds. The first-order valence-electron chi connectivity index (χ1n) is 6.71. The Morgan fingerprint density at radius 1 is 1.33 bits per heavy atom. The SMILES string of the molecule is CC(C)(C)CC(CN)C(=O)Nc1ccc(O)cc1C(=O)O. The second-order valence-electron chi connectivity index (χ2n) is 6.22. The molecule has 0 aromatic heterocycles. The molecule has 1 rings (SSSR count). The van der Waals surface area contributed by atoms with Crippen LogP contribution in [0.15, 0.2) is 18.2 Å². The van der Waals surface area contributed by atoms with Crippen molar-refractivity contribution in [2.45, 2.75) is 27.2 Å². The summed E-state index contributed by atoms with van der Waals surface area (Å²) in [6.07, 6.45) is 0.593. The largest absolute Gasteiger partial charge is 0.508 e. The zero-order chi connectivity index (χ0) is 16.2. The number of carbonyl (C=O) groups is 2. The third kappa shape index (κ3) is 5.07. The van der Waals surface area contributed by atoms with Crippen LogP contribution >= 0.6 is 0 Å². The minimum Gasteiger partial charge on any atom is -0.508 e. The molecule has 1 aromatic carbocycles. The van der Waals surface area contributed by atoms with E-state index >= 15 is 0 Å². The van der Waals surface area contributed by atoms with Gasteiger partial charge in [-0.2, -0.15) is 0 Å². The predicted octanol–water partition coefficient (Wildman–Crippen LogP) is 2.04. The number of aromatic carboxylic acids is 1. The number of carbonyl (C=O) groups excluding carboxylic acids is 1. The first-order chi connectivity index (χ1) is 9.64. The average Bonchev–Trinajstić information content (AvgIpc) is 2.36. The molecule has 116 valence electrons.